The zero-order chi connectivity index (χ0) is 16.8. The molecule has 0 saturated heterocycles. The molecule has 0 bridgehead atoms. The summed E-state index contributed by atoms with van der Waals surface area (Å²) in [4.78, 5) is 35.1. The van der Waals surface area contributed by atoms with E-state index >= 15 is 0 Å². The Bertz CT molecular complexity index is 572. The van der Waals surface area contributed by atoms with Crippen LogP contribution >= 0.6 is 0 Å². The number of rotatable bonds is 6. The number of amides is 1. The predicted octanol–water partition coefficient (Wildman–Crippen LogP) is 1.69. The van der Waals surface area contributed by atoms with Crippen molar-refractivity contribution >= 4 is 17.8 Å². The Hall–Kier alpha value is -2.37. The second-order valence-corrected chi connectivity index (χ2v) is 5.92. The minimum absolute atomic E-state index is 0.173. The van der Waals surface area contributed by atoms with Crippen molar-refractivity contribution in [3.05, 3.63) is 35.9 Å². The molecule has 6 nitrogen and oxygen atoms in total. The highest BCUT2D eigenvalue weighted by Crippen LogP contribution is 2.30. The highest BCUT2D eigenvalue weighted by Gasteiger charge is 2.37. The maximum absolute atomic E-state index is 12.4. The fourth-order valence-electron chi connectivity index (χ4n) is 3.07. The molecule has 0 aliphatic heterocycles. The largest absolute Gasteiger partial charge is 0.481 e. The van der Waals surface area contributed by atoms with Gasteiger partial charge in [0.2, 0.25) is 5.91 Å². The zero-order valence-electron chi connectivity index (χ0n) is 12.8. The van der Waals surface area contributed by atoms with Crippen molar-refractivity contribution in [1.82, 2.24) is 5.32 Å². The van der Waals surface area contributed by atoms with Gasteiger partial charge in [-0.25, -0.2) is 4.79 Å². The molecule has 1 aromatic carbocycles. The molecule has 1 amide bonds. The minimum Gasteiger partial charge on any atom is -0.481 e. The van der Waals surface area contributed by atoms with Crippen LogP contribution < -0.4 is 5.32 Å². The van der Waals surface area contributed by atoms with E-state index in [0.29, 0.717) is 12.8 Å². The van der Waals surface area contributed by atoms with E-state index in [1.54, 1.807) is 24.3 Å². The van der Waals surface area contributed by atoms with Gasteiger partial charge >= 0.3 is 11.9 Å². The molecule has 0 radical (unpaired) electrons. The monoisotopic (exact) mass is 319 g/mol. The van der Waals surface area contributed by atoms with Gasteiger partial charge in [-0.15, -0.1) is 0 Å². The summed E-state index contributed by atoms with van der Waals surface area (Å²) in [6.07, 6.45) is 2.70. The Morgan fingerprint density at radius 3 is 2.22 bits per heavy atom. The van der Waals surface area contributed by atoms with Crippen molar-refractivity contribution in [2.24, 2.45) is 11.8 Å². The van der Waals surface area contributed by atoms with Crippen LogP contribution in [0.2, 0.25) is 0 Å². The van der Waals surface area contributed by atoms with Crippen molar-refractivity contribution in [3.63, 3.8) is 0 Å². The van der Waals surface area contributed by atoms with Crippen LogP contribution in [-0.4, -0.2) is 34.1 Å². The lowest BCUT2D eigenvalue weighted by molar-refractivity contribution is -0.149. The smallest absolute Gasteiger partial charge is 0.326 e. The topological polar surface area (TPSA) is 104 Å². The van der Waals surface area contributed by atoms with E-state index in [1.165, 1.54) is 0 Å². The molecule has 0 spiro atoms. The number of carboxylic acid groups (broad SMARTS) is 2. The van der Waals surface area contributed by atoms with E-state index in [4.69, 9.17) is 0 Å². The normalized spacial score (nSPS) is 22.1. The maximum atomic E-state index is 12.4. The molecule has 124 valence electrons. The van der Waals surface area contributed by atoms with Crippen molar-refractivity contribution in [2.75, 3.05) is 0 Å². The average molecular weight is 319 g/mol. The van der Waals surface area contributed by atoms with Crippen molar-refractivity contribution < 1.29 is 24.6 Å². The molecule has 1 aliphatic carbocycles. The molecule has 23 heavy (non-hydrogen) atoms. The third-order valence-corrected chi connectivity index (χ3v) is 4.32. The molecule has 1 fully saturated rings. The van der Waals surface area contributed by atoms with Crippen LogP contribution in [0.3, 0.4) is 0 Å². The van der Waals surface area contributed by atoms with Gasteiger partial charge in [0.15, 0.2) is 0 Å². The molecule has 1 saturated carbocycles. The number of carbonyl (C=O) groups excluding carboxylic acids is 1. The first-order valence-electron chi connectivity index (χ1n) is 7.79. The van der Waals surface area contributed by atoms with Crippen molar-refractivity contribution in [1.29, 1.82) is 0 Å². The fourth-order valence-corrected chi connectivity index (χ4v) is 3.07. The molecule has 3 atom stereocenters. The van der Waals surface area contributed by atoms with Gasteiger partial charge in [-0.05, 0) is 18.4 Å². The zero-order valence-corrected chi connectivity index (χ0v) is 12.8. The Morgan fingerprint density at radius 1 is 1.04 bits per heavy atom. The predicted molar refractivity (Wildman–Crippen MR) is 82.8 cm³/mol. The Morgan fingerprint density at radius 2 is 1.65 bits per heavy atom. The van der Waals surface area contributed by atoms with Gasteiger partial charge in [0.05, 0.1) is 11.8 Å². The van der Waals surface area contributed by atoms with Crippen LogP contribution in [0.15, 0.2) is 30.3 Å². The SMILES string of the molecule is O=C(O)[C@H](Cc1ccccc1)NC(=O)[C@@H]1CCCC[C@@H]1C(=O)O. The van der Waals surface area contributed by atoms with E-state index in [-0.39, 0.29) is 6.42 Å². The summed E-state index contributed by atoms with van der Waals surface area (Å²) in [5.74, 6) is -3.96. The third kappa shape index (κ3) is 4.55. The summed E-state index contributed by atoms with van der Waals surface area (Å²) >= 11 is 0. The van der Waals surface area contributed by atoms with Crippen LogP contribution in [0.1, 0.15) is 31.2 Å². The highest BCUT2D eigenvalue weighted by atomic mass is 16.4. The van der Waals surface area contributed by atoms with Crippen LogP contribution in [-0.2, 0) is 20.8 Å². The van der Waals surface area contributed by atoms with Crippen molar-refractivity contribution in [2.45, 2.75) is 38.1 Å². The standard InChI is InChI=1S/C17H21NO5/c19-15(12-8-4-5-9-13(12)16(20)21)18-14(17(22)23)10-11-6-2-1-3-7-11/h1-3,6-7,12-14H,4-5,8-10H2,(H,18,19)(H,20,21)(H,22,23)/t12-,13+,14+/m1/s1. The minimum atomic E-state index is -1.12. The number of carbonyl (C=O) groups is 3. The molecule has 6 heteroatoms. The van der Waals surface area contributed by atoms with Gasteiger partial charge in [0.25, 0.3) is 0 Å². The summed E-state index contributed by atoms with van der Waals surface area (Å²) < 4.78 is 0. The van der Waals surface area contributed by atoms with Gasteiger partial charge in [-0.2, -0.15) is 0 Å². The number of hydrogen-bond donors (Lipinski definition) is 3. The molecule has 0 unspecified atom stereocenters. The molecule has 0 heterocycles. The number of carboxylic acids is 2. The van der Waals surface area contributed by atoms with E-state index in [1.807, 2.05) is 6.07 Å². The Kier molecular flexibility index (Phi) is 5.73. The van der Waals surface area contributed by atoms with Crippen molar-refractivity contribution in [3.8, 4) is 0 Å². The van der Waals surface area contributed by atoms with E-state index < -0.39 is 35.7 Å². The van der Waals surface area contributed by atoms with Gasteiger partial charge < -0.3 is 15.5 Å². The second-order valence-electron chi connectivity index (χ2n) is 5.92. The first-order valence-corrected chi connectivity index (χ1v) is 7.79. The number of hydrogen-bond acceptors (Lipinski definition) is 3. The summed E-state index contributed by atoms with van der Waals surface area (Å²) in [6.45, 7) is 0. The molecular formula is C17H21NO5. The second kappa shape index (κ2) is 7.76. The molecule has 0 aromatic heterocycles. The molecule has 2 rings (SSSR count). The average Bonchev–Trinajstić information content (AvgIpc) is 2.55. The third-order valence-electron chi connectivity index (χ3n) is 4.32. The lowest BCUT2D eigenvalue weighted by Crippen LogP contribution is -2.48. The van der Waals surface area contributed by atoms with E-state index in [2.05, 4.69) is 5.32 Å². The number of benzene rings is 1. The Balaban J connectivity index is 2.05. The first-order chi connectivity index (χ1) is 11.0. The summed E-state index contributed by atoms with van der Waals surface area (Å²) in [5.41, 5.74) is 0.804. The van der Waals surface area contributed by atoms with Crippen LogP contribution in [0, 0.1) is 11.8 Å². The summed E-state index contributed by atoms with van der Waals surface area (Å²) in [6, 6.07) is 7.97. The number of nitrogens with one attached hydrogen (secondary N) is 1. The molecule has 1 aromatic rings. The highest BCUT2D eigenvalue weighted by molar-refractivity contribution is 5.88. The van der Waals surface area contributed by atoms with Crippen LogP contribution in [0.25, 0.3) is 0 Å². The number of aliphatic carboxylic acids is 2. The van der Waals surface area contributed by atoms with Gasteiger partial charge in [-0.3, -0.25) is 9.59 Å². The first kappa shape index (κ1) is 17.0. The van der Waals surface area contributed by atoms with E-state index in [0.717, 1.165) is 18.4 Å². The van der Waals surface area contributed by atoms with Gasteiger partial charge in [-0.1, -0.05) is 43.2 Å². The maximum Gasteiger partial charge on any atom is 0.326 e. The van der Waals surface area contributed by atoms with E-state index in [9.17, 15) is 24.6 Å². The van der Waals surface area contributed by atoms with Gasteiger partial charge in [0, 0.05) is 6.42 Å². The van der Waals surface area contributed by atoms with Crippen LogP contribution in [0.4, 0.5) is 0 Å². The van der Waals surface area contributed by atoms with Crippen LogP contribution in [0.5, 0.6) is 0 Å². The molecule has 3 N–H and O–H groups in total. The lowest BCUT2D eigenvalue weighted by Gasteiger charge is -2.28. The molecule has 1 aliphatic rings. The summed E-state index contributed by atoms with van der Waals surface area (Å²) in [5, 5.41) is 21.1. The fraction of sp³-hybridized carbons (Fsp3) is 0.471. The Labute approximate surface area is 134 Å². The van der Waals surface area contributed by atoms with Gasteiger partial charge in [0.1, 0.15) is 6.04 Å². The lowest BCUT2D eigenvalue weighted by atomic mass is 9.78. The quantitative estimate of drug-likeness (QED) is 0.740. The molecular weight excluding hydrogens is 298 g/mol. The summed E-state index contributed by atoms with van der Waals surface area (Å²) in [7, 11) is 0.